The minimum Gasteiger partial charge on any atom is -0.493 e. The van der Waals surface area contributed by atoms with E-state index in [1.807, 2.05) is 43.3 Å². The zero-order valence-electron chi connectivity index (χ0n) is 16.0. The smallest absolute Gasteiger partial charge is 0.349 e. The average Bonchev–Trinajstić information content (AvgIpc) is 2.60. The first-order valence-electron chi connectivity index (χ1n) is 8.58. The summed E-state index contributed by atoms with van der Waals surface area (Å²) in [6.45, 7) is 8.16. The van der Waals surface area contributed by atoms with Gasteiger partial charge in [0.25, 0.3) is 0 Å². The lowest BCUT2D eigenvalue weighted by atomic mass is 9.87. The van der Waals surface area contributed by atoms with Crippen molar-refractivity contribution in [3.63, 3.8) is 0 Å². The normalized spacial score (nSPS) is 11.4. The van der Waals surface area contributed by atoms with Crippen LogP contribution in [0.3, 0.4) is 0 Å². The van der Waals surface area contributed by atoms with E-state index < -0.39 is 5.97 Å². The standard InChI is InChI=1S/C22H26O4/c1-6-7-16-8-13-19(20(14-16)24-5)25-15-21(23)26-18-11-9-17(10-12-18)22(2,3)4/h6-14H,15H2,1-5H3/b7-6+. The molecule has 2 aromatic carbocycles. The average molecular weight is 354 g/mol. The van der Waals surface area contributed by atoms with Gasteiger partial charge in [0.05, 0.1) is 7.11 Å². The molecule has 0 fully saturated rings. The predicted octanol–water partition coefficient (Wildman–Crippen LogP) is 5.01. The molecule has 0 N–H and O–H groups in total. The molecule has 0 aliphatic rings. The van der Waals surface area contributed by atoms with Crippen LogP contribution in [0.4, 0.5) is 0 Å². The topological polar surface area (TPSA) is 44.8 Å². The summed E-state index contributed by atoms with van der Waals surface area (Å²) in [6.07, 6.45) is 3.90. The van der Waals surface area contributed by atoms with E-state index in [0.29, 0.717) is 17.2 Å². The van der Waals surface area contributed by atoms with Crippen molar-refractivity contribution in [2.75, 3.05) is 13.7 Å². The summed E-state index contributed by atoms with van der Waals surface area (Å²) in [7, 11) is 1.57. The third kappa shape index (κ3) is 5.38. The van der Waals surface area contributed by atoms with Gasteiger partial charge in [-0.1, -0.05) is 51.1 Å². The number of hydrogen-bond acceptors (Lipinski definition) is 4. The van der Waals surface area contributed by atoms with E-state index in [1.54, 1.807) is 25.3 Å². The number of allylic oxidation sites excluding steroid dienone is 1. The van der Waals surface area contributed by atoms with Gasteiger partial charge in [-0.3, -0.25) is 0 Å². The summed E-state index contributed by atoms with van der Waals surface area (Å²) in [5, 5.41) is 0. The zero-order valence-corrected chi connectivity index (χ0v) is 16.0. The van der Waals surface area contributed by atoms with Gasteiger partial charge >= 0.3 is 5.97 Å². The molecule has 2 rings (SSSR count). The van der Waals surface area contributed by atoms with Crippen LogP contribution in [-0.4, -0.2) is 19.7 Å². The Morgan fingerprint density at radius 1 is 1.04 bits per heavy atom. The van der Waals surface area contributed by atoms with Crippen molar-refractivity contribution in [2.45, 2.75) is 33.1 Å². The lowest BCUT2D eigenvalue weighted by Crippen LogP contribution is -2.18. The van der Waals surface area contributed by atoms with Crippen LogP contribution in [0.1, 0.15) is 38.8 Å². The number of ether oxygens (including phenoxy) is 3. The molecular weight excluding hydrogens is 328 g/mol. The third-order valence-corrected chi connectivity index (χ3v) is 3.84. The summed E-state index contributed by atoms with van der Waals surface area (Å²) in [5.74, 6) is 1.11. The summed E-state index contributed by atoms with van der Waals surface area (Å²) in [4.78, 5) is 12.0. The van der Waals surface area contributed by atoms with E-state index in [-0.39, 0.29) is 12.0 Å². The largest absolute Gasteiger partial charge is 0.493 e. The predicted molar refractivity (Wildman–Crippen MR) is 104 cm³/mol. The maximum Gasteiger partial charge on any atom is 0.349 e. The highest BCUT2D eigenvalue weighted by Gasteiger charge is 2.14. The van der Waals surface area contributed by atoms with E-state index in [9.17, 15) is 4.79 Å². The maximum atomic E-state index is 12.0. The van der Waals surface area contributed by atoms with E-state index in [1.165, 1.54) is 5.56 Å². The van der Waals surface area contributed by atoms with Crippen molar-refractivity contribution in [3.05, 3.63) is 59.7 Å². The number of rotatable bonds is 6. The third-order valence-electron chi connectivity index (χ3n) is 3.84. The molecule has 4 heteroatoms. The molecule has 26 heavy (non-hydrogen) atoms. The van der Waals surface area contributed by atoms with Gasteiger partial charge in [-0.2, -0.15) is 0 Å². The fourth-order valence-corrected chi connectivity index (χ4v) is 2.42. The highest BCUT2D eigenvalue weighted by Crippen LogP contribution is 2.29. The van der Waals surface area contributed by atoms with Crippen molar-refractivity contribution in [2.24, 2.45) is 0 Å². The van der Waals surface area contributed by atoms with Crippen molar-refractivity contribution in [3.8, 4) is 17.2 Å². The van der Waals surface area contributed by atoms with Gasteiger partial charge in [-0.15, -0.1) is 0 Å². The Morgan fingerprint density at radius 2 is 1.73 bits per heavy atom. The van der Waals surface area contributed by atoms with Gasteiger partial charge in [0.15, 0.2) is 18.1 Å². The van der Waals surface area contributed by atoms with Gasteiger partial charge in [0.1, 0.15) is 5.75 Å². The molecule has 0 aliphatic heterocycles. The molecule has 0 radical (unpaired) electrons. The number of carbonyl (C=O) groups excluding carboxylic acids is 1. The maximum absolute atomic E-state index is 12.0. The number of benzene rings is 2. The highest BCUT2D eigenvalue weighted by atomic mass is 16.6. The number of carbonyl (C=O) groups is 1. The summed E-state index contributed by atoms with van der Waals surface area (Å²) < 4.78 is 16.2. The molecule has 0 bridgehead atoms. The molecule has 0 aliphatic carbocycles. The number of hydrogen-bond donors (Lipinski definition) is 0. The van der Waals surface area contributed by atoms with E-state index in [4.69, 9.17) is 14.2 Å². The monoisotopic (exact) mass is 354 g/mol. The Kier molecular flexibility index (Phi) is 6.45. The van der Waals surface area contributed by atoms with Gasteiger partial charge in [-0.25, -0.2) is 4.79 Å². The van der Waals surface area contributed by atoms with Crippen LogP contribution in [-0.2, 0) is 10.2 Å². The lowest BCUT2D eigenvalue weighted by Gasteiger charge is -2.19. The molecule has 2 aromatic rings. The van der Waals surface area contributed by atoms with Crippen molar-refractivity contribution in [1.29, 1.82) is 0 Å². The fourth-order valence-electron chi connectivity index (χ4n) is 2.42. The molecule has 0 amide bonds. The second-order valence-electron chi connectivity index (χ2n) is 6.95. The summed E-state index contributed by atoms with van der Waals surface area (Å²) >= 11 is 0. The van der Waals surface area contributed by atoms with Crippen LogP contribution in [0.5, 0.6) is 17.2 Å². The molecule has 0 unspecified atom stereocenters. The van der Waals surface area contributed by atoms with Crippen LogP contribution in [0.2, 0.25) is 0 Å². The van der Waals surface area contributed by atoms with Crippen LogP contribution in [0.15, 0.2) is 48.5 Å². The Bertz CT molecular complexity index is 768. The summed E-state index contributed by atoms with van der Waals surface area (Å²) in [6, 6.07) is 13.1. The van der Waals surface area contributed by atoms with Gasteiger partial charge < -0.3 is 14.2 Å². The van der Waals surface area contributed by atoms with E-state index in [2.05, 4.69) is 20.8 Å². The van der Waals surface area contributed by atoms with Crippen molar-refractivity contribution >= 4 is 12.0 Å². The molecule has 138 valence electrons. The second-order valence-corrected chi connectivity index (χ2v) is 6.95. The molecule has 0 heterocycles. The van der Waals surface area contributed by atoms with Crippen molar-refractivity contribution in [1.82, 2.24) is 0 Å². The second kappa shape index (κ2) is 8.56. The van der Waals surface area contributed by atoms with Crippen LogP contribution < -0.4 is 14.2 Å². The molecular formula is C22H26O4. The molecule has 4 nitrogen and oxygen atoms in total. The Morgan fingerprint density at radius 3 is 2.31 bits per heavy atom. The minimum atomic E-state index is -0.465. The first-order valence-corrected chi connectivity index (χ1v) is 8.58. The van der Waals surface area contributed by atoms with E-state index >= 15 is 0 Å². The van der Waals surface area contributed by atoms with Crippen molar-refractivity contribution < 1.29 is 19.0 Å². The Labute approximate surface area is 155 Å². The van der Waals surface area contributed by atoms with Crippen LogP contribution in [0.25, 0.3) is 6.08 Å². The molecule has 0 atom stereocenters. The highest BCUT2D eigenvalue weighted by molar-refractivity contribution is 5.74. The van der Waals surface area contributed by atoms with E-state index in [0.717, 1.165) is 5.56 Å². The summed E-state index contributed by atoms with van der Waals surface area (Å²) in [5.41, 5.74) is 2.24. The van der Waals surface area contributed by atoms with Crippen LogP contribution >= 0.6 is 0 Å². The Balaban J connectivity index is 1.96. The molecule has 0 aromatic heterocycles. The molecule has 0 saturated heterocycles. The quantitative estimate of drug-likeness (QED) is 0.540. The SMILES string of the molecule is C/C=C/c1ccc(OCC(=O)Oc2ccc(C(C)(C)C)cc2)c(OC)c1. The van der Waals surface area contributed by atoms with Crippen LogP contribution in [0, 0.1) is 0 Å². The minimum absolute atomic E-state index is 0.0569. The first kappa shape index (κ1) is 19.6. The van der Waals surface area contributed by atoms with Gasteiger partial charge in [0, 0.05) is 0 Å². The zero-order chi connectivity index (χ0) is 19.2. The lowest BCUT2D eigenvalue weighted by molar-refractivity contribution is -0.136. The number of esters is 1. The fraction of sp³-hybridized carbons (Fsp3) is 0.318. The van der Waals surface area contributed by atoms with Gasteiger partial charge in [0.2, 0.25) is 0 Å². The Hall–Kier alpha value is -2.75. The molecule has 0 spiro atoms. The van der Waals surface area contributed by atoms with Gasteiger partial charge in [-0.05, 0) is 47.7 Å². The first-order chi connectivity index (χ1) is 12.3. The molecule has 0 saturated carbocycles. The number of methoxy groups -OCH3 is 1.